The minimum absolute atomic E-state index is 0. The molecule has 1 amide bonds. The van der Waals surface area contributed by atoms with Gasteiger partial charge in [0.05, 0.1) is 19.8 Å². The van der Waals surface area contributed by atoms with Crippen LogP contribution in [-0.2, 0) is 19.1 Å². The Hall–Kier alpha value is -0.940. The molecular weight excluding hydrogens is 258 g/mol. The molecule has 0 unspecified atom stereocenters. The number of carbonyl (C=O) groups is 2. The number of ketones is 1. The molecule has 0 spiro atoms. The lowest BCUT2D eigenvalue weighted by molar-refractivity contribution is -0.123. The molecule has 0 aromatic rings. The van der Waals surface area contributed by atoms with Crippen LogP contribution < -0.4 is 5.32 Å². The summed E-state index contributed by atoms with van der Waals surface area (Å²) in [5.74, 6) is 0.509. The van der Waals surface area contributed by atoms with Crippen molar-refractivity contribution in [1.82, 2.24) is 5.32 Å². The van der Waals surface area contributed by atoms with Gasteiger partial charge in [-0.2, -0.15) is 0 Å². The molecule has 1 aliphatic rings. The van der Waals surface area contributed by atoms with Gasteiger partial charge >= 0.3 is 0 Å². The van der Waals surface area contributed by atoms with Crippen molar-refractivity contribution in [3.8, 4) is 0 Å². The lowest BCUT2D eigenvalue weighted by Crippen LogP contribution is -2.38. The third-order valence-electron chi connectivity index (χ3n) is 3.72. The Balaban J connectivity index is 0.00000400. The van der Waals surface area contributed by atoms with Gasteiger partial charge in [-0.15, -0.1) is 0 Å². The summed E-state index contributed by atoms with van der Waals surface area (Å²) >= 11 is 0. The normalized spacial score (nSPS) is 22.5. The van der Waals surface area contributed by atoms with Gasteiger partial charge in [-0.05, 0) is 39.5 Å². The van der Waals surface area contributed by atoms with Gasteiger partial charge in [0.1, 0.15) is 5.78 Å². The second-order valence-corrected chi connectivity index (χ2v) is 5.29. The van der Waals surface area contributed by atoms with E-state index >= 15 is 0 Å². The molecular formula is C15H29NO4. The van der Waals surface area contributed by atoms with Gasteiger partial charge < -0.3 is 14.8 Å². The first kappa shape index (κ1) is 17.1. The minimum Gasteiger partial charge on any atom is -0.379 e. The van der Waals surface area contributed by atoms with E-state index in [1.807, 2.05) is 6.92 Å². The van der Waals surface area contributed by atoms with Gasteiger partial charge in [0, 0.05) is 26.4 Å². The van der Waals surface area contributed by atoms with Gasteiger partial charge in [-0.25, -0.2) is 0 Å². The number of nitrogens with one attached hydrogen (secondary N) is 1. The van der Waals surface area contributed by atoms with E-state index in [2.05, 4.69) is 5.32 Å². The molecule has 1 aliphatic carbocycles. The molecule has 1 rings (SSSR count). The highest BCUT2D eigenvalue weighted by Crippen LogP contribution is 2.24. The molecule has 0 heterocycles. The van der Waals surface area contributed by atoms with Gasteiger partial charge in [-0.3, -0.25) is 9.59 Å². The summed E-state index contributed by atoms with van der Waals surface area (Å²) in [6.07, 6.45) is 3.98. The predicted octanol–water partition coefficient (Wildman–Crippen LogP) is 1.94. The van der Waals surface area contributed by atoms with Crippen LogP contribution in [-0.4, -0.2) is 44.2 Å². The highest BCUT2D eigenvalue weighted by atomic mass is 16.5. The minimum atomic E-state index is 0. The first-order valence-corrected chi connectivity index (χ1v) is 7.58. The number of Topliss-reactive ketones (excluding diaryl/α,β-unsaturated/α-hetero) is 1. The van der Waals surface area contributed by atoms with E-state index in [1.54, 1.807) is 6.92 Å². The summed E-state index contributed by atoms with van der Waals surface area (Å²) in [5, 5.41) is 3.02. The third-order valence-corrected chi connectivity index (χ3v) is 3.72. The summed E-state index contributed by atoms with van der Waals surface area (Å²) in [5.41, 5.74) is 0. The molecule has 0 saturated heterocycles. The van der Waals surface area contributed by atoms with Crippen molar-refractivity contribution < 1.29 is 20.5 Å². The zero-order valence-corrected chi connectivity index (χ0v) is 12.7. The largest absolute Gasteiger partial charge is 0.379 e. The van der Waals surface area contributed by atoms with E-state index in [9.17, 15) is 9.59 Å². The summed E-state index contributed by atoms with van der Waals surface area (Å²) in [4.78, 5) is 23.0. The first-order valence-electron chi connectivity index (χ1n) is 7.58. The maximum absolute atomic E-state index is 11.7. The molecule has 1 saturated carbocycles. The fourth-order valence-electron chi connectivity index (χ4n) is 2.47. The molecule has 0 bridgehead atoms. The molecule has 0 aromatic carbocycles. The summed E-state index contributed by atoms with van der Waals surface area (Å²) in [6, 6.07) is 0.224. The SMILES string of the molecule is CCOCCOCCC(=O)NC1CCC(C(C)=O)CC1.[HH]. The number of hydrogen-bond donors (Lipinski definition) is 1. The van der Waals surface area contributed by atoms with Crippen LogP contribution in [0.25, 0.3) is 0 Å². The Bertz CT molecular complexity index is 304. The monoisotopic (exact) mass is 287 g/mol. The lowest BCUT2D eigenvalue weighted by atomic mass is 9.84. The molecule has 1 fully saturated rings. The lowest BCUT2D eigenvalue weighted by Gasteiger charge is -2.27. The van der Waals surface area contributed by atoms with E-state index in [0.29, 0.717) is 32.8 Å². The van der Waals surface area contributed by atoms with Crippen molar-refractivity contribution in [3.63, 3.8) is 0 Å². The van der Waals surface area contributed by atoms with Crippen LogP contribution in [0.3, 0.4) is 0 Å². The maximum atomic E-state index is 11.7. The second kappa shape index (κ2) is 9.88. The molecule has 5 heteroatoms. The molecule has 5 nitrogen and oxygen atoms in total. The summed E-state index contributed by atoms with van der Waals surface area (Å²) in [6.45, 7) is 5.82. The topological polar surface area (TPSA) is 64.6 Å². The Morgan fingerprint density at radius 2 is 1.75 bits per heavy atom. The second-order valence-electron chi connectivity index (χ2n) is 5.29. The molecule has 0 atom stereocenters. The van der Waals surface area contributed by atoms with Crippen LogP contribution in [0.2, 0.25) is 0 Å². The number of ether oxygens (including phenoxy) is 2. The molecule has 0 radical (unpaired) electrons. The average Bonchev–Trinajstić information content (AvgIpc) is 2.43. The average molecular weight is 287 g/mol. The fourth-order valence-corrected chi connectivity index (χ4v) is 2.47. The summed E-state index contributed by atoms with van der Waals surface area (Å²) in [7, 11) is 0. The Labute approximate surface area is 122 Å². The van der Waals surface area contributed by atoms with Crippen molar-refractivity contribution in [3.05, 3.63) is 0 Å². The summed E-state index contributed by atoms with van der Waals surface area (Å²) < 4.78 is 10.5. The smallest absolute Gasteiger partial charge is 0.222 e. The zero-order valence-electron chi connectivity index (χ0n) is 12.7. The number of amides is 1. The third kappa shape index (κ3) is 7.01. The van der Waals surface area contributed by atoms with Crippen molar-refractivity contribution >= 4 is 11.7 Å². The van der Waals surface area contributed by atoms with Crippen LogP contribution in [0, 0.1) is 5.92 Å². The Morgan fingerprint density at radius 1 is 1.10 bits per heavy atom. The van der Waals surface area contributed by atoms with Crippen molar-refractivity contribution in [2.45, 2.75) is 52.0 Å². The predicted molar refractivity (Wildman–Crippen MR) is 78.6 cm³/mol. The number of carbonyl (C=O) groups excluding carboxylic acids is 2. The zero-order chi connectivity index (χ0) is 14.8. The van der Waals surface area contributed by atoms with Gasteiger partial charge in [-0.1, -0.05) is 0 Å². The van der Waals surface area contributed by atoms with E-state index in [-0.39, 0.29) is 25.1 Å². The van der Waals surface area contributed by atoms with Crippen LogP contribution >= 0.6 is 0 Å². The van der Waals surface area contributed by atoms with Crippen LogP contribution in [0.5, 0.6) is 0 Å². The molecule has 20 heavy (non-hydrogen) atoms. The van der Waals surface area contributed by atoms with E-state index in [4.69, 9.17) is 9.47 Å². The van der Waals surface area contributed by atoms with Gasteiger partial charge in [0.2, 0.25) is 5.91 Å². The molecule has 0 aromatic heterocycles. The van der Waals surface area contributed by atoms with Gasteiger partial charge in [0.25, 0.3) is 0 Å². The molecule has 118 valence electrons. The molecule has 0 aliphatic heterocycles. The Morgan fingerprint density at radius 3 is 2.35 bits per heavy atom. The maximum Gasteiger partial charge on any atom is 0.222 e. The van der Waals surface area contributed by atoms with Crippen molar-refractivity contribution in [1.29, 1.82) is 0 Å². The van der Waals surface area contributed by atoms with Crippen LogP contribution in [0.1, 0.15) is 47.4 Å². The first-order chi connectivity index (χ1) is 9.63. The van der Waals surface area contributed by atoms with E-state index in [1.165, 1.54) is 0 Å². The van der Waals surface area contributed by atoms with Crippen LogP contribution in [0.4, 0.5) is 0 Å². The van der Waals surface area contributed by atoms with Gasteiger partial charge in [0.15, 0.2) is 0 Å². The molecule has 1 N–H and O–H groups in total. The Kier molecular flexibility index (Phi) is 8.46. The fraction of sp³-hybridized carbons (Fsp3) is 0.867. The van der Waals surface area contributed by atoms with E-state index < -0.39 is 0 Å². The standard InChI is InChI=1S/C15H27NO4.H2/c1-3-19-10-11-20-9-8-15(18)16-14-6-4-13(5-7-14)12(2)17;/h13-14H,3-11H2,1-2H3,(H,16,18);1H. The number of hydrogen-bond acceptors (Lipinski definition) is 4. The highest BCUT2D eigenvalue weighted by molar-refractivity contribution is 5.78. The van der Waals surface area contributed by atoms with Crippen molar-refractivity contribution in [2.75, 3.05) is 26.4 Å². The quantitative estimate of drug-likeness (QED) is 0.658. The highest BCUT2D eigenvalue weighted by Gasteiger charge is 2.24. The van der Waals surface area contributed by atoms with Crippen LogP contribution in [0.15, 0.2) is 0 Å². The number of rotatable bonds is 9. The van der Waals surface area contributed by atoms with Crippen molar-refractivity contribution in [2.24, 2.45) is 5.92 Å². The van der Waals surface area contributed by atoms with E-state index in [0.717, 1.165) is 25.7 Å².